The summed E-state index contributed by atoms with van der Waals surface area (Å²) in [5, 5.41) is 0. The Balaban J connectivity index is 2.29. The fourth-order valence-corrected chi connectivity index (χ4v) is 1.77. The van der Waals surface area contributed by atoms with Gasteiger partial charge >= 0.3 is 0 Å². The molecular formula is C14H15NO2. The Morgan fingerprint density at radius 3 is 2.29 bits per heavy atom. The molecule has 3 heteroatoms. The summed E-state index contributed by atoms with van der Waals surface area (Å²) in [6.45, 7) is 0. The zero-order valence-corrected chi connectivity index (χ0v) is 9.96. The number of benzene rings is 1. The molecule has 88 valence electrons. The molecule has 0 saturated carbocycles. The average Bonchev–Trinajstić information content (AvgIpc) is 2.42. The minimum atomic E-state index is -0.0883. The van der Waals surface area contributed by atoms with E-state index in [4.69, 9.17) is 9.47 Å². The maximum absolute atomic E-state index is 5.52. The Labute approximate surface area is 101 Å². The standard InChI is InChI=1S/C14H15NO2/c1-16-13-7-5-11(6-8-13)14(17-2)12-4-3-9-15-10-12/h3-10,14H,1-2H3. The topological polar surface area (TPSA) is 31.4 Å². The van der Waals surface area contributed by atoms with Crippen molar-refractivity contribution in [3.8, 4) is 5.75 Å². The molecule has 0 aliphatic rings. The second kappa shape index (κ2) is 5.46. The molecule has 1 heterocycles. The first-order valence-electron chi connectivity index (χ1n) is 5.42. The van der Waals surface area contributed by atoms with Gasteiger partial charge in [-0.3, -0.25) is 4.98 Å². The van der Waals surface area contributed by atoms with E-state index >= 15 is 0 Å². The zero-order valence-electron chi connectivity index (χ0n) is 9.96. The van der Waals surface area contributed by atoms with Crippen LogP contribution in [0, 0.1) is 0 Å². The van der Waals surface area contributed by atoms with Gasteiger partial charge in [-0.05, 0) is 23.8 Å². The van der Waals surface area contributed by atoms with Crippen LogP contribution >= 0.6 is 0 Å². The molecular weight excluding hydrogens is 214 g/mol. The number of nitrogens with zero attached hydrogens (tertiary/aromatic N) is 1. The number of aromatic nitrogens is 1. The first kappa shape index (κ1) is 11.6. The van der Waals surface area contributed by atoms with Crippen LogP contribution in [0.15, 0.2) is 48.8 Å². The summed E-state index contributed by atoms with van der Waals surface area (Å²) in [5.74, 6) is 0.842. The van der Waals surface area contributed by atoms with Crippen LogP contribution in [-0.2, 0) is 4.74 Å². The van der Waals surface area contributed by atoms with Gasteiger partial charge in [0.15, 0.2) is 0 Å². The third-order valence-electron chi connectivity index (χ3n) is 2.64. The average molecular weight is 229 g/mol. The van der Waals surface area contributed by atoms with Crippen LogP contribution in [0.4, 0.5) is 0 Å². The Hall–Kier alpha value is -1.87. The van der Waals surface area contributed by atoms with Gasteiger partial charge in [-0.15, -0.1) is 0 Å². The van der Waals surface area contributed by atoms with Gasteiger partial charge < -0.3 is 9.47 Å². The molecule has 0 N–H and O–H groups in total. The summed E-state index contributed by atoms with van der Waals surface area (Å²) in [6, 6.07) is 11.8. The van der Waals surface area contributed by atoms with E-state index in [-0.39, 0.29) is 6.10 Å². The van der Waals surface area contributed by atoms with E-state index in [1.165, 1.54) is 0 Å². The van der Waals surface area contributed by atoms with E-state index < -0.39 is 0 Å². The SMILES string of the molecule is COc1ccc(C(OC)c2cccnc2)cc1. The Bertz CT molecular complexity index is 453. The highest BCUT2D eigenvalue weighted by Gasteiger charge is 2.12. The molecule has 3 nitrogen and oxygen atoms in total. The molecule has 2 aromatic rings. The van der Waals surface area contributed by atoms with Gasteiger partial charge in [0.25, 0.3) is 0 Å². The van der Waals surface area contributed by atoms with Crippen molar-refractivity contribution in [1.82, 2.24) is 4.98 Å². The lowest BCUT2D eigenvalue weighted by Crippen LogP contribution is -2.03. The van der Waals surface area contributed by atoms with Crippen molar-refractivity contribution in [3.63, 3.8) is 0 Å². The van der Waals surface area contributed by atoms with Crippen LogP contribution in [0.25, 0.3) is 0 Å². The lowest BCUT2D eigenvalue weighted by molar-refractivity contribution is 0.136. The first-order valence-corrected chi connectivity index (χ1v) is 5.42. The van der Waals surface area contributed by atoms with E-state index in [2.05, 4.69) is 4.98 Å². The number of hydrogen-bond donors (Lipinski definition) is 0. The lowest BCUT2D eigenvalue weighted by Gasteiger charge is -2.16. The molecule has 0 fully saturated rings. The van der Waals surface area contributed by atoms with Gasteiger partial charge in [-0.2, -0.15) is 0 Å². The minimum absolute atomic E-state index is 0.0883. The molecule has 1 atom stereocenters. The molecule has 2 rings (SSSR count). The van der Waals surface area contributed by atoms with Crippen LogP contribution in [-0.4, -0.2) is 19.2 Å². The monoisotopic (exact) mass is 229 g/mol. The molecule has 1 aromatic carbocycles. The Kier molecular flexibility index (Phi) is 3.73. The van der Waals surface area contributed by atoms with Crippen molar-refractivity contribution in [2.75, 3.05) is 14.2 Å². The van der Waals surface area contributed by atoms with Gasteiger partial charge in [-0.1, -0.05) is 18.2 Å². The molecule has 0 aliphatic carbocycles. The van der Waals surface area contributed by atoms with Crippen LogP contribution in [0.2, 0.25) is 0 Å². The molecule has 1 unspecified atom stereocenters. The Morgan fingerprint density at radius 1 is 1.00 bits per heavy atom. The fraction of sp³-hybridized carbons (Fsp3) is 0.214. The smallest absolute Gasteiger partial charge is 0.118 e. The second-order valence-corrected chi connectivity index (χ2v) is 3.68. The molecule has 0 radical (unpaired) electrons. The van der Waals surface area contributed by atoms with E-state index in [9.17, 15) is 0 Å². The molecule has 0 bridgehead atoms. The molecule has 1 aromatic heterocycles. The molecule has 17 heavy (non-hydrogen) atoms. The summed E-state index contributed by atoms with van der Waals surface area (Å²) in [7, 11) is 3.35. The number of rotatable bonds is 4. The zero-order chi connectivity index (χ0) is 12.1. The van der Waals surface area contributed by atoms with E-state index in [1.54, 1.807) is 20.4 Å². The van der Waals surface area contributed by atoms with Gasteiger partial charge in [-0.25, -0.2) is 0 Å². The van der Waals surface area contributed by atoms with Crippen molar-refractivity contribution in [3.05, 3.63) is 59.9 Å². The summed E-state index contributed by atoms with van der Waals surface area (Å²) < 4.78 is 10.7. The highest BCUT2D eigenvalue weighted by atomic mass is 16.5. The number of hydrogen-bond acceptors (Lipinski definition) is 3. The second-order valence-electron chi connectivity index (χ2n) is 3.68. The highest BCUT2D eigenvalue weighted by molar-refractivity contribution is 5.33. The molecule has 0 spiro atoms. The van der Waals surface area contributed by atoms with Crippen molar-refractivity contribution in [2.24, 2.45) is 0 Å². The van der Waals surface area contributed by atoms with Gasteiger partial charge in [0.05, 0.1) is 7.11 Å². The quantitative estimate of drug-likeness (QED) is 0.807. The van der Waals surface area contributed by atoms with Gasteiger partial charge in [0.2, 0.25) is 0 Å². The third kappa shape index (κ3) is 2.63. The maximum atomic E-state index is 5.52. The van der Waals surface area contributed by atoms with Crippen molar-refractivity contribution in [2.45, 2.75) is 6.10 Å². The maximum Gasteiger partial charge on any atom is 0.118 e. The summed E-state index contributed by atoms with van der Waals surface area (Å²) in [4.78, 5) is 4.11. The normalized spacial score (nSPS) is 12.1. The summed E-state index contributed by atoms with van der Waals surface area (Å²) in [5.41, 5.74) is 2.13. The van der Waals surface area contributed by atoms with Gasteiger partial charge in [0, 0.05) is 25.1 Å². The van der Waals surface area contributed by atoms with Crippen LogP contribution in [0.1, 0.15) is 17.2 Å². The van der Waals surface area contributed by atoms with Crippen LogP contribution < -0.4 is 4.74 Å². The van der Waals surface area contributed by atoms with Gasteiger partial charge in [0.1, 0.15) is 11.9 Å². The Morgan fingerprint density at radius 2 is 1.76 bits per heavy atom. The van der Waals surface area contributed by atoms with Crippen molar-refractivity contribution in [1.29, 1.82) is 0 Å². The largest absolute Gasteiger partial charge is 0.497 e. The summed E-state index contributed by atoms with van der Waals surface area (Å²) >= 11 is 0. The highest BCUT2D eigenvalue weighted by Crippen LogP contribution is 2.26. The van der Waals surface area contributed by atoms with E-state index in [0.29, 0.717) is 0 Å². The molecule has 0 aliphatic heterocycles. The van der Waals surface area contributed by atoms with E-state index in [0.717, 1.165) is 16.9 Å². The van der Waals surface area contributed by atoms with Crippen LogP contribution in [0.5, 0.6) is 5.75 Å². The minimum Gasteiger partial charge on any atom is -0.497 e. The van der Waals surface area contributed by atoms with E-state index in [1.807, 2.05) is 42.6 Å². The first-order chi connectivity index (χ1) is 8.35. The lowest BCUT2D eigenvalue weighted by atomic mass is 10.0. The molecule has 0 saturated heterocycles. The fourth-order valence-electron chi connectivity index (χ4n) is 1.77. The number of methoxy groups -OCH3 is 2. The molecule has 0 amide bonds. The van der Waals surface area contributed by atoms with Crippen molar-refractivity contribution < 1.29 is 9.47 Å². The number of ether oxygens (including phenoxy) is 2. The number of pyridine rings is 1. The predicted molar refractivity (Wildman–Crippen MR) is 66.1 cm³/mol. The third-order valence-corrected chi connectivity index (χ3v) is 2.64. The van der Waals surface area contributed by atoms with Crippen LogP contribution in [0.3, 0.4) is 0 Å². The van der Waals surface area contributed by atoms with Crippen molar-refractivity contribution >= 4 is 0 Å². The summed E-state index contributed by atoms with van der Waals surface area (Å²) in [6.07, 6.45) is 3.48. The predicted octanol–water partition coefficient (Wildman–Crippen LogP) is 2.83.